The van der Waals surface area contributed by atoms with Gasteiger partial charge >= 0.3 is 0 Å². The lowest BCUT2D eigenvalue weighted by atomic mass is 10.2. The minimum atomic E-state index is 0.561. The summed E-state index contributed by atoms with van der Waals surface area (Å²) in [5, 5.41) is 0. The molecule has 0 saturated carbocycles. The molecule has 0 spiro atoms. The van der Waals surface area contributed by atoms with E-state index in [0.29, 0.717) is 11.6 Å². The molecule has 0 atom stereocenters. The van der Waals surface area contributed by atoms with Crippen LogP contribution in [0.15, 0.2) is 30.5 Å². The second-order valence-electron chi connectivity index (χ2n) is 3.87. The fourth-order valence-electron chi connectivity index (χ4n) is 1.62. The van der Waals surface area contributed by atoms with Gasteiger partial charge in [0.1, 0.15) is 17.3 Å². The van der Waals surface area contributed by atoms with Crippen molar-refractivity contribution in [1.29, 1.82) is 0 Å². The monoisotopic (exact) mass is 244 g/mol. The van der Waals surface area contributed by atoms with Crippen molar-refractivity contribution in [3.8, 4) is 11.5 Å². The van der Waals surface area contributed by atoms with E-state index in [1.54, 1.807) is 18.3 Å². The summed E-state index contributed by atoms with van der Waals surface area (Å²) in [6, 6.07) is 7.37. The molecule has 0 aliphatic rings. The van der Waals surface area contributed by atoms with Crippen molar-refractivity contribution in [2.75, 3.05) is 5.43 Å². The largest absolute Gasteiger partial charge is 0.455 e. The zero-order chi connectivity index (χ0) is 13.0. The number of nitrogens with zero attached hydrogens (tertiary/aromatic N) is 2. The van der Waals surface area contributed by atoms with Gasteiger partial charge in [0.25, 0.3) is 0 Å². The summed E-state index contributed by atoms with van der Waals surface area (Å²) in [4.78, 5) is 8.47. The molecule has 2 aromatic rings. The predicted molar refractivity (Wildman–Crippen MR) is 70.5 cm³/mol. The van der Waals surface area contributed by atoms with Gasteiger partial charge < -0.3 is 10.2 Å². The molecule has 0 radical (unpaired) electrons. The minimum Gasteiger partial charge on any atom is -0.455 e. The molecule has 2 aromatic heterocycles. The van der Waals surface area contributed by atoms with Crippen LogP contribution in [-0.4, -0.2) is 9.97 Å². The van der Waals surface area contributed by atoms with Crippen LogP contribution in [0.4, 0.5) is 5.82 Å². The Labute approximate surface area is 106 Å². The van der Waals surface area contributed by atoms with E-state index in [1.165, 1.54) is 0 Å². The van der Waals surface area contributed by atoms with Crippen molar-refractivity contribution < 1.29 is 4.74 Å². The van der Waals surface area contributed by atoms with Crippen molar-refractivity contribution in [2.24, 2.45) is 5.84 Å². The molecule has 0 saturated heterocycles. The molecule has 0 amide bonds. The van der Waals surface area contributed by atoms with Gasteiger partial charge in [-0.05, 0) is 31.5 Å². The van der Waals surface area contributed by atoms with Gasteiger partial charge in [-0.1, -0.05) is 6.92 Å². The molecule has 0 unspecified atom stereocenters. The Hall–Kier alpha value is -2.14. The molecule has 0 aliphatic heterocycles. The zero-order valence-electron chi connectivity index (χ0n) is 10.5. The van der Waals surface area contributed by atoms with Crippen molar-refractivity contribution in [3.63, 3.8) is 0 Å². The Morgan fingerprint density at radius 3 is 2.89 bits per heavy atom. The van der Waals surface area contributed by atoms with Gasteiger partial charge in [0, 0.05) is 18.0 Å². The van der Waals surface area contributed by atoms with Gasteiger partial charge in [-0.15, -0.1) is 0 Å². The number of anilines is 1. The van der Waals surface area contributed by atoms with Crippen molar-refractivity contribution in [2.45, 2.75) is 20.3 Å². The molecule has 18 heavy (non-hydrogen) atoms. The maximum absolute atomic E-state index is 5.80. The summed E-state index contributed by atoms with van der Waals surface area (Å²) in [5.74, 6) is 7.31. The summed E-state index contributed by atoms with van der Waals surface area (Å²) in [6.07, 6.45) is 2.46. The molecule has 5 heteroatoms. The summed E-state index contributed by atoms with van der Waals surface area (Å²) in [5.41, 5.74) is 4.41. The van der Waals surface area contributed by atoms with Crippen LogP contribution in [0.5, 0.6) is 11.5 Å². The number of pyridine rings is 2. The highest BCUT2D eigenvalue weighted by atomic mass is 16.5. The SMILES string of the molecule is CCc1nc(C)ccc1Oc1ccnc(NN)c1. The van der Waals surface area contributed by atoms with E-state index in [1.807, 2.05) is 26.0 Å². The van der Waals surface area contributed by atoms with Crippen molar-refractivity contribution in [1.82, 2.24) is 9.97 Å². The Bertz CT molecular complexity index is 542. The fourth-order valence-corrected chi connectivity index (χ4v) is 1.62. The van der Waals surface area contributed by atoms with Crippen LogP contribution < -0.4 is 16.0 Å². The molecule has 2 rings (SSSR count). The quantitative estimate of drug-likeness (QED) is 0.638. The molecule has 0 aromatic carbocycles. The third kappa shape index (κ3) is 2.75. The lowest BCUT2D eigenvalue weighted by Gasteiger charge is -2.10. The van der Waals surface area contributed by atoms with E-state index in [4.69, 9.17) is 10.6 Å². The number of nitrogen functional groups attached to an aromatic ring is 1. The predicted octanol–water partition coefficient (Wildman–Crippen LogP) is 2.43. The highest BCUT2D eigenvalue weighted by Gasteiger charge is 2.06. The Morgan fingerprint density at radius 2 is 2.17 bits per heavy atom. The molecular formula is C13H16N4O. The molecule has 94 valence electrons. The maximum Gasteiger partial charge on any atom is 0.148 e. The number of hydrogen-bond donors (Lipinski definition) is 2. The van der Waals surface area contributed by atoms with Crippen LogP contribution >= 0.6 is 0 Å². The lowest BCUT2D eigenvalue weighted by Crippen LogP contribution is -2.08. The number of rotatable bonds is 4. The summed E-state index contributed by atoms with van der Waals surface area (Å²) in [7, 11) is 0. The maximum atomic E-state index is 5.80. The molecule has 3 N–H and O–H groups in total. The summed E-state index contributed by atoms with van der Waals surface area (Å²) < 4.78 is 5.80. The van der Waals surface area contributed by atoms with Crippen LogP contribution in [-0.2, 0) is 6.42 Å². The normalized spacial score (nSPS) is 10.2. The Morgan fingerprint density at radius 1 is 1.33 bits per heavy atom. The van der Waals surface area contributed by atoms with E-state index >= 15 is 0 Å². The fraction of sp³-hybridized carbons (Fsp3) is 0.231. The molecule has 5 nitrogen and oxygen atoms in total. The number of hydrazine groups is 1. The number of aryl methyl sites for hydroxylation is 2. The van der Waals surface area contributed by atoms with Crippen LogP contribution in [0.3, 0.4) is 0 Å². The summed E-state index contributed by atoms with van der Waals surface area (Å²) >= 11 is 0. The van der Waals surface area contributed by atoms with Gasteiger partial charge in [0.2, 0.25) is 0 Å². The van der Waals surface area contributed by atoms with Crippen LogP contribution in [0.25, 0.3) is 0 Å². The Kier molecular flexibility index (Phi) is 3.74. The van der Waals surface area contributed by atoms with Gasteiger partial charge in [0.15, 0.2) is 0 Å². The number of ether oxygens (including phenoxy) is 1. The van der Waals surface area contributed by atoms with E-state index < -0.39 is 0 Å². The molecule has 0 fully saturated rings. The third-order valence-corrected chi connectivity index (χ3v) is 2.51. The standard InChI is InChI=1S/C13H16N4O/c1-3-11-12(5-4-9(2)16-11)18-10-6-7-15-13(8-10)17-14/h4-8H,3,14H2,1-2H3,(H,15,17). The molecule has 2 heterocycles. The first kappa shape index (κ1) is 12.3. The minimum absolute atomic E-state index is 0.561. The van der Waals surface area contributed by atoms with E-state index in [0.717, 1.165) is 23.6 Å². The van der Waals surface area contributed by atoms with Gasteiger partial charge in [-0.25, -0.2) is 10.8 Å². The summed E-state index contributed by atoms with van der Waals surface area (Å²) in [6.45, 7) is 4.01. The van der Waals surface area contributed by atoms with E-state index in [2.05, 4.69) is 15.4 Å². The zero-order valence-corrected chi connectivity index (χ0v) is 10.5. The molecule has 0 bridgehead atoms. The van der Waals surface area contributed by atoms with Gasteiger partial charge in [0.05, 0.1) is 5.69 Å². The first-order valence-corrected chi connectivity index (χ1v) is 5.80. The average Bonchev–Trinajstić information content (AvgIpc) is 2.41. The smallest absolute Gasteiger partial charge is 0.148 e. The number of aromatic nitrogens is 2. The highest BCUT2D eigenvalue weighted by molar-refractivity contribution is 5.42. The van der Waals surface area contributed by atoms with E-state index in [-0.39, 0.29) is 0 Å². The Balaban J connectivity index is 2.27. The van der Waals surface area contributed by atoms with Crippen molar-refractivity contribution >= 4 is 5.82 Å². The number of hydrogen-bond acceptors (Lipinski definition) is 5. The second-order valence-corrected chi connectivity index (χ2v) is 3.87. The molecule has 0 aliphatic carbocycles. The number of nitrogens with two attached hydrogens (primary N) is 1. The average molecular weight is 244 g/mol. The number of nitrogens with one attached hydrogen (secondary N) is 1. The first-order valence-electron chi connectivity index (χ1n) is 5.80. The lowest BCUT2D eigenvalue weighted by molar-refractivity contribution is 0.472. The molecular weight excluding hydrogens is 228 g/mol. The van der Waals surface area contributed by atoms with Gasteiger partial charge in [-0.2, -0.15) is 0 Å². The van der Waals surface area contributed by atoms with Crippen molar-refractivity contribution in [3.05, 3.63) is 41.9 Å². The second kappa shape index (κ2) is 5.46. The third-order valence-electron chi connectivity index (χ3n) is 2.51. The van der Waals surface area contributed by atoms with Crippen LogP contribution in [0.1, 0.15) is 18.3 Å². The van der Waals surface area contributed by atoms with Crippen LogP contribution in [0.2, 0.25) is 0 Å². The first-order chi connectivity index (χ1) is 8.72. The van der Waals surface area contributed by atoms with E-state index in [9.17, 15) is 0 Å². The topological polar surface area (TPSA) is 73.1 Å². The van der Waals surface area contributed by atoms with Crippen LogP contribution in [0, 0.1) is 6.92 Å². The highest BCUT2D eigenvalue weighted by Crippen LogP contribution is 2.25. The van der Waals surface area contributed by atoms with Gasteiger partial charge in [-0.3, -0.25) is 4.98 Å².